The molecule has 0 aliphatic heterocycles. The maximum absolute atomic E-state index is 11.7. The summed E-state index contributed by atoms with van der Waals surface area (Å²) in [6, 6.07) is 16.9. The standard InChI is InChI=1S/C16H18N2O2/c1-2-17-12-16(19)18-14-10-6-7-11-15(14)20-13-8-4-3-5-9-13/h3-11,17H,2,12H2,1H3,(H,18,19). The topological polar surface area (TPSA) is 50.4 Å². The summed E-state index contributed by atoms with van der Waals surface area (Å²) in [5, 5.41) is 5.82. The number of hydrogen-bond acceptors (Lipinski definition) is 3. The van der Waals surface area contributed by atoms with Gasteiger partial charge in [-0.1, -0.05) is 37.3 Å². The molecular weight excluding hydrogens is 252 g/mol. The van der Waals surface area contributed by atoms with Crippen molar-refractivity contribution < 1.29 is 9.53 Å². The van der Waals surface area contributed by atoms with Crippen molar-refractivity contribution in [2.75, 3.05) is 18.4 Å². The molecule has 20 heavy (non-hydrogen) atoms. The minimum Gasteiger partial charge on any atom is -0.455 e. The summed E-state index contributed by atoms with van der Waals surface area (Å²) < 4.78 is 5.78. The van der Waals surface area contributed by atoms with Crippen LogP contribution in [0.1, 0.15) is 6.92 Å². The third-order valence-electron chi connectivity index (χ3n) is 2.67. The van der Waals surface area contributed by atoms with E-state index in [0.29, 0.717) is 11.4 Å². The number of likely N-dealkylation sites (N-methyl/N-ethyl adjacent to an activating group) is 1. The fraction of sp³-hybridized carbons (Fsp3) is 0.188. The Labute approximate surface area is 118 Å². The van der Waals surface area contributed by atoms with Gasteiger partial charge >= 0.3 is 0 Å². The van der Waals surface area contributed by atoms with Crippen molar-refractivity contribution in [3.05, 3.63) is 54.6 Å². The molecule has 0 aliphatic rings. The van der Waals surface area contributed by atoms with Crippen LogP contribution >= 0.6 is 0 Å². The largest absolute Gasteiger partial charge is 0.455 e. The quantitative estimate of drug-likeness (QED) is 0.848. The highest BCUT2D eigenvalue weighted by Crippen LogP contribution is 2.28. The smallest absolute Gasteiger partial charge is 0.238 e. The van der Waals surface area contributed by atoms with Crippen LogP contribution < -0.4 is 15.4 Å². The Hall–Kier alpha value is -2.33. The van der Waals surface area contributed by atoms with Crippen LogP contribution in [0.5, 0.6) is 11.5 Å². The monoisotopic (exact) mass is 270 g/mol. The van der Waals surface area contributed by atoms with Crippen molar-refractivity contribution in [2.24, 2.45) is 0 Å². The number of anilines is 1. The number of carbonyl (C=O) groups excluding carboxylic acids is 1. The van der Waals surface area contributed by atoms with Gasteiger partial charge in [-0.25, -0.2) is 0 Å². The third kappa shape index (κ3) is 4.10. The zero-order valence-corrected chi connectivity index (χ0v) is 11.4. The lowest BCUT2D eigenvalue weighted by molar-refractivity contribution is -0.115. The Morgan fingerprint density at radius 3 is 2.50 bits per heavy atom. The van der Waals surface area contributed by atoms with Gasteiger partial charge in [0.2, 0.25) is 5.91 Å². The van der Waals surface area contributed by atoms with Gasteiger partial charge in [0, 0.05) is 0 Å². The van der Waals surface area contributed by atoms with Gasteiger partial charge in [-0.2, -0.15) is 0 Å². The van der Waals surface area contributed by atoms with Gasteiger partial charge in [0.1, 0.15) is 5.75 Å². The Kier molecular flexibility index (Phi) is 5.15. The molecule has 0 bridgehead atoms. The molecule has 0 atom stereocenters. The number of carbonyl (C=O) groups is 1. The lowest BCUT2D eigenvalue weighted by Crippen LogP contribution is -2.27. The highest BCUT2D eigenvalue weighted by Gasteiger charge is 2.07. The molecule has 0 aliphatic carbocycles. The summed E-state index contributed by atoms with van der Waals surface area (Å²) in [6.07, 6.45) is 0. The minimum atomic E-state index is -0.0871. The average molecular weight is 270 g/mol. The molecule has 0 heterocycles. The SMILES string of the molecule is CCNCC(=O)Nc1ccccc1Oc1ccccc1. The first kappa shape index (κ1) is 14.1. The van der Waals surface area contributed by atoms with Crippen LogP contribution in [0.4, 0.5) is 5.69 Å². The fourth-order valence-corrected chi connectivity index (χ4v) is 1.71. The Balaban J connectivity index is 2.08. The van der Waals surface area contributed by atoms with E-state index < -0.39 is 0 Å². The number of rotatable bonds is 6. The summed E-state index contributed by atoms with van der Waals surface area (Å²) >= 11 is 0. The maximum atomic E-state index is 11.7. The van der Waals surface area contributed by atoms with Gasteiger partial charge in [-0.3, -0.25) is 4.79 Å². The summed E-state index contributed by atoms with van der Waals surface area (Å²) in [5.74, 6) is 1.28. The fourth-order valence-electron chi connectivity index (χ4n) is 1.71. The van der Waals surface area contributed by atoms with Crippen molar-refractivity contribution in [3.63, 3.8) is 0 Å². The number of nitrogens with one attached hydrogen (secondary N) is 2. The van der Waals surface area contributed by atoms with Crippen LogP contribution in [0.25, 0.3) is 0 Å². The van der Waals surface area contributed by atoms with E-state index in [-0.39, 0.29) is 12.5 Å². The first-order chi connectivity index (χ1) is 9.79. The molecular formula is C16H18N2O2. The molecule has 2 N–H and O–H groups in total. The molecule has 0 radical (unpaired) electrons. The molecule has 2 rings (SSSR count). The predicted octanol–water partition coefficient (Wildman–Crippen LogP) is 3.03. The molecule has 0 unspecified atom stereocenters. The van der Waals surface area contributed by atoms with Gasteiger partial charge in [0.15, 0.2) is 5.75 Å². The molecule has 0 fully saturated rings. The summed E-state index contributed by atoms with van der Waals surface area (Å²) in [5.41, 5.74) is 0.666. The third-order valence-corrected chi connectivity index (χ3v) is 2.67. The number of para-hydroxylation sites is 3. The second-order valence-electron chi connectivity index (χ2n) is 4.24. The minimum absolute atomic E-state index is 0.0871. The van der Waals surface area contributed by atoms with E-state index in [9.17, 15) is 4.79 Å². The predicted molar refractivity (Wildman–Crippen MR) is 80.1 cm³/mol. The van der Waals surface area contributed by atoms with E-state index in [1.807, 2.05) is 61.5 Å². The van der Waals surface area contributed by atoms with Crippen molar-refractivity contribution in [2.45, 2.75) is 6.92 Å². The normalized spacial score (nSPS) is 10.1. The van der Waals surface area contributed by atoms with E-state index in [0.717, 1.165) is 12.3 Å². The molecule has 0 saturated carbocycles. The van der Waals surface area contributed by atoms with Gasteiger partial charge in [0.05, 0.1) is 12.2 Å². The Morgan fingerprint density at radius 1 is 1.05 bits per heavy atom. The van der Waals surface area contributed by atoms with Crippen molar-refractivity contribution in [1.29, 1.82) is 0 Å². The van der Waals surface area contributed by atoms with E-state index in [1.165, 1.54) is 0 Å². The van der Waals surface area contributed by atoms with Crippen LogP contribution in [-0.2, 0) is 4.79 Å². The number of benzene rings is 2. The first-order valence-electron chi connectivity index (χ1n) is 6.62. The van der Waals surface area contributed by atoms with Gasteiger partial charge in [-0.05, 0) is 30.8 Å². The summed E-state index contributed by atoms with van der Waals surface area (Å²) in [6.45, 7) is 3.01. The van der Waals surface area contributed by atoms with Crippen LogP contribution in [0.15, 0.2) is 54.6 Å². The summed E-state index contributed by atoms with van der Waals surface area (Å²) in [4.78, 5) is 11.7. The van der Waals surface area contributed by atoms with Crippen LogP contribution in [0, 0.1) is 0 Å². The van der Waals surface area contributed by atoms with E-state index in [2.05, 4.69) is 10.6 Å². The number of amides is 1. The Morgan fingerprint density at radius 2 is 1.75 bits per heavy atom. The van der Waals surface area contributed by atoms with Crippen LogP contribution in [0.3, 0.4) is 0 Å². The molecule has 0 saturated heterocycles. The number of ether oxygens (including phenoxy) is 1. The van der Waals surface area contributed by atoms with Crippen LogP contribution in [-0.4, -0.2) is 19.0 Å². The zero-order chi connectivity index (χ0) is 14.2. The second kappa shape index (κ2) is 7.31. The molecule has 104 valence electrons. The molecule has 1 amide bonds. The maximum Gasteiger partial charge on any atom is 0.238 e. The average Bonchev–Trinajstić information content (AvgIpc) is 2.48. The Bertz CT molecular complexity index is 555. The van der Waals surface area contributed by atoms with Crippen molar-refractivity contribution in [1.82, 2.24) is 5.32 Å². The van der Waals surface area contributed by atoms with Crippen molar-refractivity contribution in [3.8, 4) is 11.5 Å². The zero-order valence-electron chi connectivity index (χ0n) is 11.4. The highest BCUT2D eigenvalue weighted by atomic mass is 16.5. The molecule has 0 aromatic heterocycles. The van der Waals surface area contributed by atoms with E-state index >= 15 is 0 Å². The van der Waals surface area contributed by atoms with E-state index in [4.69, 9.17) is 4.74 Å². The van der Waals surface area contributed by atoms with Gasteiger partial charge < -0.3 is 15.4 Å². The highest BCUT2D eigenvalue weighted by molar-refractivity contribution is 5.93. The van der Waals surface area contributed by atoms with Crippen LogP contribution in [0.2, 0.25) is 0 Å². The molecule has 4 heteroatoms. The van der Waals surface area contributed by atoms with Crippen molar-refractivity contribution >= 4 is 11.6 Å². The van der Waals surface area contributed by atoms with Gasteiger partial charge in [0.25, 0.3) is 0 Å². The first-order valence-corrected chi connectivity index (χ1v) is 6.62. The lowest BCUT2D eigenvalue weighted by Gasteiger charge is -2.12. The van der Waals surface area contributed by atoms with Gasteiger partial charge in [-0.15, -0.1) is 0 Å². The van der Waals surface area contributed by atoms with E-state index in [1.54, 1.807) is 0 Å². The summed E-state index contributed by atoms with van der Waals surface area (Å²) in [7, 11) is 0. The molecule has 0 spiro atoms. The number of hydrogen-bond donors (Lipinski definition) is 2. The molecule has 2 aromatic rings. The lowest BCUT2D eigenvalue weighted by atomic mass is 10.3. The molecule has 4 nitrogen and oxygen atoms in total. The molecule has 2 aromatic carbocycles. The second-order valence-corrected chi connectivity index (χ2v) is 4.24.